The lowest BCUT2D eigenvalue weighted by molar-refractivity contribution is -0.139. The first-order valence-electron chi connectivity index (χ1n) is 8.16. The Balaban J connectivity index is 1.60. The zero-order valence-electron chi connectivity index (χ0n) is 13.6. The van der Waals surface area contributed by atoms with Crippen LogP contribution in [0.4, 0.5) is 5.69 Å². The summed E-state index contributed by atoms with van der Waals surface area (Å²) in [6.45, 7) is 0. The molecule has 0 aromatic heterocycles. The fraction of sp³-hybridized carbons (Fsp3) is 0.200. The molecule has 0 aliphatic heterocycles. The summed E-state index contributed by atoms with van der Waals surface area (Å²) >= 11 is 3.36. The Bertz CT molecular complexity index is 799. The zero-order chi connectivity index (χ0) is 17.6. The van der Waals surface area contributed by atoms with Crippen molar-refractivity contribution in [1.82, 2.24) is 0 Å². The molecule has 25 heavy (non-hydrogen) atoms. The van der Waals surface area contributed by atoms with Crippen molar-refractivity contribution >= 4 is 33.5 Å². The normalized spacial score (nSPS) is 16.3. The number of anilines is 1. The Morgan fingerprint density at radius 3 is 2.48 bits per heavy atom. The van der Waals surface area contributed by atoms with E-state index in [0.29, 0.717) is 17.0 Å². The van der Waals surface area contributed by atoms with Crippen molar-refractivity contribution in [2.24, 2.45) is 5.92 Å². The summed E-state index contributed by atoms with van der Waals surface area (Å²) in [4.78, 5) is 24.4. The number of rotatable bonds is 4. The van der Waals surface area contributed by atoms with E-state index in [-0.39, 0.29) is 17.8 Å². The molecule has 0 heterocycles. The van der Waals surface area contributed by atoms with Gasteiger partial charge in [0.25, 0.3) is 5.91 Å². The number of hydrogen-bond acceptors (Lipinski definition) is 3. The number of nitrogens with one attached hydrogen (secondary N) is 1. The molecular formula is C20H18BrNO3. The van der Waals surface area contributed by atoms with E-state index >= 15 is 0 Å². The molecule has 0 bridgehead atoms. The second kappa shape index (κ2) is 8.12. The molecule has 3 rings (SSSR count). The number of carbonyl (C=O) groups is 2. The molecule has 0 saturated carbocycles. The van der Waals surface area contributed by atoms with E-state index < -0.39 is 0 Å². The minimum atomic E-state index is -0.203. The molecule has 2 aromatic carbocycles. The van der Waals surface area contributed by atoms with Crippen molar-refractivity contribution in [3.63, 3.8) is 0 Å². The summed E-state index contributed by atoms with van der Waals surface area (Å²) in [5.74, 6) is 0.0128. The van der Waals surface area contributed by atoms with E-state index in [2.05, 4.69) is 27.3 Å². The van der Waals surface area contributed by atoms with E-state index in [1.807, 2.05) is 24.3 Å². The fourth-order valence-corrected chi connectivity index (χ4v) is 3.12. The lowest BCUT2D eigenvalue weighted by Crippen LogP contribution is -2.21. The molecule has 0 saturated heterocycles. The molecule has 0 radical (unpaired) electrons. The Morgan fingerprint density at radius 2 is 1.80 bits per heavy atom. The van der Waals surface area contributed by atoms with E-state index in [1.54, 1.807) is 30.3 Å². The molecule has 0 spiro atoms. The van der Waals surface area contributed by atoms with Gasteiger partial charge in [-0.15, -0.1) is 0 Å². The van der Waals surface area contributed by atoms with Crippen LogP contribution in [0.3, 0.4) is 0 Å². The van der Waals surface area contributed by atoms with E-state index in [0.717, 1.165) is 23.7 Å². The first kappa shape index (κ1) is 17.4. The number of halogens is 1. The van der Waals surface area contributed by atoms with Crippen molar-refractivity contribution in [3.8, 4) is 5.75 Å². The summed E-state index contributed by atoms with van der Waals surface area (Å²) < 4.78 is 6.16. The van der Waals surface area contributed by atoms with Crippen LogP contribution in [0.1, 0.15) is 29.6 Å². The Kier molecular flexibility index (Phi) is 5.66. The van der Waals surface area contributed by atoms with Gasteiger partial charge in [0.15, 0.2) is 0 Å². The molecule has 2 aromatic rings. The van der Waals surface area contributed by atoms with Gasteiger partial charge >= 0.3 is 5.97 Å². The van der Waals surface area contributed by atoms with Gasteiger partial charge in [-0.2, -0.15) is 0 Å². The van der Waals surface area contributed by atoms with Crippen molar-refractivity contribution in [1.29, 1.82) is 0 Å². The lowest BCUT2D eigenvalue weighted by atomic mass is 9.95. The van der Waals surface area contributed by atoms with Crippen LogP contribution in [0.25, 0.3) is 0 Å². The van der Waals surface area contributed by atoms with E-state index in [1.165, 1.54) is 0 Å². The molecular weight excluding hydrogens is 382 g/mol. The van der Waals surface area contributed by atoms with Gasteiger partial charge in [0.05, 0.1) is 11.5 Å². The summed E-state index contributed by atoms with van der Waals surface area (Å²) in [5.41, 5.74) is 1.20. The fourth-order valence-electron chi connectivity index (χ4n) is 2.66. The maximum Gasteiger partial charge on any atom is 0.314 e. The van der Waals surface area contributed by atoms with Crippen LogP contribution in [0.5, 0.6) is 5.75 Å². The molecule has 1 N–H and O–H groups in total. The standard InChI is InChI=1S/C20H18BrNO3/c21-18-9-5-4-8-17(18)19(23)22-15-10-12-16(13-11-15)25-20(24)14-6-2-1-3-7-14/h1-2,4-5,8-14H,3,6-7H2,(H,22,23)/t14-/m1/s1. The van der Waals surface area contributed by atoms with Crippen LogP contribution in [0, 0.1) is 5.92 Å². The number of ether oxygens (including phenoxy) is 1. The minimum Gasteiger partial charge on any atom is -0.426 e. The first-order chi connectivity index (χ1) is 12.1. The van der Waals surface area contributed by atoms with Gasteiger partial charge in [-0.25, -0.2) is 0 Å². The topological polar surface area (TPSA) is 55.4 Å². The Morgan fingerprint density at radius 1 is 1.04 bits per heavy atom. The lowest BCUT2D eigenvalue weighted by Gasteiger charge is -2.16. The second-order valence-electron chi connectivity index (χ2n) is 5.86. The SMILES string of the molecule is O=C(Nc1ccc(OC(=O)[C@@H]2CC=CCC2)cc1)c1ccccc1Br. The molecule has 1 aliphatic rings. The van der Waals surface area contributed by atoms with Gasteiger partial charge in [0.1, 0.15) is 5.75 Å². The molecule has 1 aliphatic carbocycles. The van der Waals surface area contributed by atoms with Gasteiger partial charge < -0.3 is 10.1 Å². The number of hydrogen-bond donors (Lipinski definition) is 1. The van der Waals surface area contributed by atoms with Crippen molar-refractivity contribution in [2.75, 3.05) is 5.32 Å². The van der Waals surface area contributed by atoms with E-state index in [9.17, 15) is 9.59 Å². The summed E-state index contributed by atoms with van der Waals surface area (Å²) in [7, 11) is 0. The monoisotopic (exact) mass is 399 g/mol. The highest BCUT2D eigenvalue weighted by molar-refractivity contribution is 9.10. The molecule has 1 amide bonds. The predicted molar refractivity (Wildman–Crippen MR) is 101 cm³/mol. The van der Waals surface area contributed by atoms with Crippen LogP contribution in [0.15, 0.2) is 65.2 Å². The molecule has 5 heteroatoms. The highest BCUT2D eigenvalue weighted by Gasteiger charge is 2.20. The molecule has 128 valence electrons. The molecule has 0 unspecified atom stereocenters. The molecule has 1 atom stereocenters. The smallest absolute Gasteiger partial charge is 0.314 e. The number of amides is 1. The van der Waals surface area contributed by atoms with E-state index in [4.69, 9.17) is 4.74 Å². The van der Waals surface area contributed by atoms with Gasteiger partial charge in [-0.3, -0.25) is 9.59 Å². The average Bonchev–Trinajstić information content (AvgIpc) is 2.64. The number of esters is 1. The molecule has 0 fully saturated rings. The summed E-state index contributed by atoms with van der Waals surface area (Å²) in [6, 6.07) is 14.0. The predicted octanol–water partition coefficient (Wildman–Crippen LogP) is 4.96. The maximum atomic E-state index is 12.3. The third-order valence-corrected chi connectivity index (χ3v) is 4.74. The van der Waals surface area contributed by atoms with Gasteiger partial charge in [0.2, 0.25) is 0 Å². The third-order valence-electron chi connectivity index (χ3n) is 4.05. The minimum absolute atomic E-state index is 0.0696. The highest BCUT2D eigenvalue weighted by atomic mass is 79.9. The number of allylic oxidation sites excluding steroid dienone is 2. The van der Waals surface area contributed by atoms with Crippen LogP contribution in [0.2, 0.25) is 0 Å². The third kappa shape index (κ3) is 4.57. The van der Waals surface area contributed by atoms with Crippen LogP contribution in [-0.4, -0.2) is 11.9 Å². The van der Waals surface area contributed by atoms with Crippen molar-refractivity contribution in [2.45, 2.75) is 19.3 Å². The molecule has 4 nitrogen and oxygen atoms in total. The Hall–Kier alpha value is -2.40. The van der Waals surface area contributed by atoms with Crippen LogP contribution < -0.4 is 10.1 Å². The first-order valence-corrected chi connectivity index (χ1v) is 8.95. The Labute approximate surface area is 155 Å². The van der Waals surface area contributed by atoms with Gasteiger partial charge in [0, 0.05) is 10.2 Å². The van der Waals surface area contributed by atoms with Crippen molar-refractivity contribution < 1.29 is 14.3 Å². The van der Waals surface area contributed by atoms with Crippen molar-refractivity contribution in [3.05, 3.63) is 70.7 Å². The second-order valence-corrected chi connectivity index (χ2v) is 6.72. The number of benzene rings is 2. The maximum absolute atomic E-state index is 12.3. The van der Waals surface area contributed by atoms with Crippen LogP contribution in [-0.2, 0) is 4.79 Å². The average molecular weight is 400 g/mol. The van der Waals surface area contributed by atoms with Gasteiger partial charge in [-0.05, 0) is 71.6 Å². The zero-order valence-corrected chi connectivity index (χ0v) is 15.2. The van der Waals surface area contributed by atoms with Crippen LogP contribution >= 0.6 is 15.9 Å². The quantitative estimate of drug-likeness (QED) is 0.448. The highest BCUT2D eigenvalue weighted by Crippen LogP contribution is 2.23. The summed E-state index contributed by atoms with van der Waals surface area (Å²) in [5, 5.41) is 2.82. The largest absolute Gasteiger partial charge is 0.426 e. The number of carbonyl (C=O) groups excluding carboxylic acids is 2. The summed E-state index contributed by atoms with van der Waals surface area (Å²) in [6.07, 6.45) is 6.59. The van der Waals surface area contributed by atoms with Gasteiger partial charge in [-0.1, -0.05) is 24.3 Å².